The molecule has 1 fully saturated rings. The Balaban J connectivity index is 1.85. The average molecular weight is 253 g/mol. The van der Waals surface area contributed by atoms with Gasteiger partial charge in [-0.1, -0.05) is 0 Å². The van der Waals surface area contributed by atoms with Crippen LogP contribution in [0.3, 0.4) is 0 Å². The lowest BCUT2D eigenvalue weighted by atomic mass is 9.92. The van der Waals surface area contributed by atoms with Gasteiger partial charge in [0.15, 0.2) is 0 Å². The number of aromatic nitrogens is 1. The molecule has 17 heavy (non-hydrogen) atoms. The van der Waals surface area contributed by atoms with Crippen molar-refractivity contribution >= 4 is 11.3 Å². The molecule has 0 radical (unpaired) electrons. The van der Waals surface area contributed by atoms with Gasteiger partial charge in [-0.3, -0.25) is 0 Å². The van der Waals surface area contributed by atoms with Gasteiger partial charge in [-0.05, 0) is 52.6 Å². The highest BCUT2D eigenvalue weighted by atomic mass is 32.1. The zero-order valence-corrected chi connectivity index (χ0v) is 11.8. The summed E-state index contributed by atoms with van der Waals surface area (Å²) in [5.74, 6) is 0.797. The normalized spacial score (nSPS) is 26.1. The van der Waals surface area contributed by atoms with Gasteiger partial charge in [-0.25, -0.2) is 4.98 Å². The van der Waals surface area contributed by atoms with E-state index in [1.165, 1.54) is 17.8 Å². The molecule has 0 bridgehead atoms. The lowest BCUT2D eigenvalue weighted by molar-refractivity contribution is 0.273. The van der Waals surface area contributed by atoms with Gasteiger partial charge in [-0.15, -0.1) is 11.3 Å². The van der Waals surface area contributed by atoms with Gasteiger partial charge in [0.1, 0.15) is 5.01 Å². The quantitative estimate of drug-likeness (QED) is 0.865. The summed E-state index contributed by atoms with van der Waals surface area (Å²) in [4.78, 5) is 4.41. The summed E-state index contributed by atoms with van der Waals surface area (Å²) in [6, 6.07) is 0.665. The van der Waals surface area contributed by atoms with E-state index in [0.29, 0.717) is 6.04 Å². The standard InChI is InChI=1S/C13H23N3S/c1-10-8-11(4-5-14-10)9-16-13(2,3)12-15-6-7-17-12/h6-7,10-11,14,16H,4-5,8-9H2,1-3H3. The molecule has 0 aromatic carbocycles. The Hall–Kier alpha value is -0.450. The Kier molecular flexibility index (Phi) is 4.17. The summed E-state index contributed by atoms with van der Waals surface area (Å²) in [6.45, 7) is 8.97. The van der Waals surface area contributed by atoms with Crippen LogP contribution in [0.25, 0.3) is 0 Å². The SMILES string of the molecule is CC1CC(CNC(C)(C)c2nccs2)CCN1. The summed E-state index contributed by atoms with van der Waals surface area (Å²) in [5.41, 5.74) is 0.00226. The third-order valence-electron chi connectivity index (χ3n) is 3.53. The first-order valence-electron chi connectivity index (χ1n) is 6.46. The molecular formula is C13H23N3S. The summed E-state index contributed by atoms with van der Waals surface area (Å²) in [6.07, 6.45) is 4.45. The molecule has 96 valence electrons. The zero-order chi connectivity index (χ0) is 12.3. The molecule has 1 aromatic heterocycles. The van der Waals surface area contributed by atoms with Gasteiger partial charge in [0.2, 0.25) is 0 Å². The van der Waals surface area contributed by atoms with Crippen molar-refractivity contribution in [2.24, 2.45) is 5.92 Å². The van der Waals surface area contributed by atoms with Crippen LogP contribution in [0.15, 0.2) is 11.6 Å². The topological polar surface area (TPSA) is 37.0 Å². The number of nitrogens with zero attached hydrogens (tertiary/aromatic N) is 1. The second-order valence-electron chi connectivity index (χ2n) is 5.59. The number of hydrogen-bond acceptors (Lipinski definition) is 4. The monoisotopic (exact) mass is 253 g/mol. The third kappa shape index (κ3) is 3.50. The molecule has 1 aliphatic heterocycles. The minimum Gasteiger partial charge on any atom is -0.314 e. The number of nitrogens with one attached hydrogen (secondary N) is 2. The Morgan fingerprint density at radius 1 is 1.59 bits per heavy atom. The molecule has 2 N–H and O–H groups in total. The Bertz CT molecular complexity index is 334. The molecule has 1 aromatic rings. The highest BCUT2D eigenvalue weighted by molar-refractivity contribution is 7.09. The average Bonchev–Trinajstić information content (AvgIpc) is 2.81. The second kappa shape index (κ2) is 5.46. The molecule has 3 nitrogen and oxygen atoms in total. The van der Waals surface area contributed by atoms with Crippen molar-refractivity contribution in [1.29, 1.82) is 0 Å². The highest BCUT2D eigenvalue weighted by Gasteiger charge is 2.25. The molecule has 0 aliphatic carbocycles. The van der Waals surface area contributed by atoms with Crippen LogP contribution in [0.4, 0.5) is 0 Å². The fourth-order valence-electron chi connectivity index (χ4n) is 2.43. The summed E-state index contributed by atoms with van der Waals surface area (Å²) in [5, 5.41) is 10.4. The van der Waals surface area contributed by atoms with Gasteiger partial charge in [0, 0.05) is 17.6 Å². The van der Waals surface area contributed by atoms with Crippen LogP contribution in [-0.4, -0.2) is 24.1 Å². The van der Waals surface area contributed by atoms with Crippen molar-refractivity contribution in [3.63, 3.8) is 0 Å². The predicted molar refractivity (Wildman–Crippen MR) is 73.3 cm³/mol. The molecule has 2 rings (SSSR count). The van der Waals surface area contributed by atoms with E-state index in [-0.39, 0.29) is 5.54 Å². The minimum atomic E-state index is 0.00226. The van der Waals surface area contributed by atoms with E-state index >= 15 is 0 Å². The molecule has 4 heteroatoms. The molecule has 1 aliphatic rings. The second-order valence-corrected chi connectivity index (χ2v) is 6.48. The maximum atomic E-state index is 4.41. The fourth-order valence-corrected chi connectivity index (χ4v) is 3.17. The largest absolute Gasteiger partial charge is 0.314 e. The molecule has 0 amide bonds. The van der Waals surface area contributed by atoms with E-state index in [1.54, 1.807) is 11.3 Å². The predicted octanol–water partition coefficient (Wildman–Crippen LogP) is 2.36. The van der Waals surface area contributed by atoms with E-state index in [2.05, 4.69) is 36.4 Å². The first-order chi connectivity index (χ1) is 8.08. The molecule has 0 spiro atoms. The van der Waals surface area contributed by atoms with E-state index < -0.39 is 0 Å². The molecule has 2 unspecified atom stereocenters. The van der Waals surface area contributed by atoms with Crippen LogP contribution in [0.1, 0.15) is 38.6 Å². The van der Waals surface area contributed by atoms with Crippen LogP contribution in [0.2, 0.25) is 0 Å². The number of piperidine rings is 1. The molecule has 2 heterocycles. The highest BCUT2D eigenvalue weighted by Crippen LogP contribution is 2.23. The van der Waals surface area contributed by atoms with Crippen molar-refractivity contribution in [2.75, 3.05) is 13.1 Å². The minimum absolute atomic E-state index is 0.00226. The fraction of sp³-hybridized carbons (Fsp3) is 0.769. The van der Waals surface area contributed by atoms with Crippen molar-refractivity contribution < 1.29 is 0 Å². The Morgan fingerprint density at radius 3 is 3.06 bits per heavy atom. The van der Waals surface area contributed by atoms with Crippen molar-refractivity contribution in [3.05, 3.63) is 16.6 Å². The van der Waals surface area contributed by atoms with E-state index in [0.717, 1.165) is 19.0 Å². The van der Waals surface area contributed by atoms with E-state index in [4.69, 9.17) is 0 Å². The zero-order valence-electron chi connectivity index (χ0n) is 11.0. The first-order valence-corrected chi connectivity index (χ1v) is 7.34. The Morgan fingerprint density at radius 2 is 2.41 bits per heavy atom. The summed E-state index contributed by atoms with van der Waals surface area (Å²) < 4.78 is 0. The van der Waals surface area contributed by atoms with E-state index in [1.807, 2.05) is 11.6 Å². The van der Waals surface area contributed by atoms with Crippen molar-refractivity contribution in [3.8, 4) is 0 Å². The third-order valence-corrected chi connectivity index (χ3v) is 4.63. The van der Waals surface area contributed by atoms with Gasteiger partial charge < -0.3 is 10.6 Å². The number of rotatable bonds is 4. The molecular weight excluding hydrogens is 230 g/mol. The van der Waals surface area contributed by atoms with Crippen LogP contribution in [-0.2, 0) is 5.54 Å². The smallest absolute Gasteiger partial charge is 0.112 e. The molecule has 1 saturated heterocycles. The number of thiazole rings is 1. The first kappa shape index (κ1) is 13.0. The van der Waals surface area contributed by atoms with Gasteiger partial charge in [0.25, 0.3) is 0 Å². The molecule has 0 saturated carbocycles. The van der Waals surface area contributed by atoms with Crippen LogP contribution in [0, 0.1) is 5.92 Å². The van der Waals surface area contributed by atoms with E-state index in [9.17, 15) is 0 Å². The number of hydrogen-bond donors (Lipinski definition) is 2. The maximum Gasteiger partial charge on any atom is 0.112 e. The van der Waals surface area contributed by atoms with Crippen molar-refractivity contribution in [2.45, 2.75) is 45.2 Å². The lowest BCUT2D eigenvalue weighted by Gasteiger charge is -2.32. The Labute approximate surface area is 108 Å². The van der Waals surface area contributed by atoms with Gasteiger partial charge in [0.05, 0.1) is 5.54 Å². The molecule has 2 atom stereocenters. The van der Waals surface area contributed by atoms with Crippen LogP contribution >= 0.6 is 11.3 Å². The lowest BCUT2D eigenvalue weighted by Crippen LogP contribution is -2.44. The summed E-state index contributed by atoms with van der Waals surface area (Å²) >= 11 is 1.73. The maximum absolute atomic E-state index is 4.41. The van der Waals surface area contributed by atoms with Crippen molar-refractivity contribution in [1.82, 2.24) is 15.6 Å². The van der Waals surface area contributed by atoms with Crippen LogP contribution < -0.4 is 10.6 Å². The summed E-state index contributed by atoms with van der Waals surface area (Å²) in [7, 11) is 0. The van der Waals surface area contributed by atoms with Gasteiger partial charge in [-0.2, -0.15) is 0 Å². The van der Waals surface area contributed by atoms with Gasteiger partial charge >= 0.3 is 0 Å². The van der Waals surface area contributed by atoms with Crippen LogP contribution in [0.5, 0.6) is 0 Å².